The van der Waals surface area contributed by atoms with Crippen molar-refractivity contribution in [3.63, 3.8) is 0 Å². The van der Waals surface area contributed by atoms with Gasteiger partial charge in [0.1, 0.15) is 17.3 Å². The van der Waals surface area contributed by atoms with Gasteiger partial charge in [0, 0.05) is 16.6 Å². The maximum Gasteiger partial charge on any atom is 0.229 e. The number of aromatic nitrogens is 1. The quantitative estimate of drug-likeness (QED) is 0.746. The molecule has 0 aliphatic heterocycles. The third kappa shape index (κ3) is 2.95. The zero-order valence-electron chi connectivity index (χ0n) is 12.8. The molecule has 5 heteroatoms. The molecule has 0 radical (unpaired) electrons. The van der Waals surface area contributed by atoms with Crippen LogP contribution in [0.15, 0.2) is 36.4 Å². The van der Waals surface area contributed by atoms with Gasteiger partial charge < -0.3 is 10.3 Å². The number of rotatable bonds is 3. The fourth-order valence-electron chi connectivity index (χ4n) is 2.69. The molecule has 2 aromatic carbocycles. The highest BCUT2D eigenvalue weighted by Crippen LogP contribution is 2.25. The van der Waals surface area contributed by atoms with Crippen molar-refractivity contribution < 1.29 is 13.6 Å². The predicted molar refractivity (Wildman–Crippen MR) is 86.5 cm³/mol. The predicted octanol–water partition coefficient (Wildman–Crippen LogP) is 4.24. The molecule has 0 fully saturated rings. The van der Waals surface area contributed by atoms with Crippen LogP contribution in [0.5, 0.6) is 0 Å². The largest absolute Gasteiger partial charge is 0.358 e. The first-order valence-corrected chi connectivity index (χ1v) is 7.27. The number of anilines is 1. The number of aromatic amines is 1. The van der Waals surface area contributed by atoms with Crippen molar-refractivity contribution in [2.75, 3.05) is 5.32 Å². The van der Waals surface area contributed by atoms with Crippen LogP contribution in [-0.2, 0) is 11.2 Å². The average molecular weight is 314 g/mol. The summed E-state index contributed by atoms with van der Waals surface area (Å²) in [7, 11) is 0. The van der Waals surface area contributed by atoms with Crippen molar-refractivity contribution >= 4 is 22.5 Å². The zero-order valence-corrected chi connectivity index (χ0v) is 12.8. The Balaban J connectivity index is 1.89. The Morgan fingerprint density at radius 1 is 1.13 bits per heavy atom. The van der Waals surface area contributed by atoms with Crippen molar-refractivity contribution in [3.05, 3.63) is 64.9 Å². The van der Waals surface area contributed by atoms with Crippen molar-refractivity contribution in [3.8, 4) is 0 Å². The Bertz CT molecular complexity index is 879. The number of hydrogen-bond donors (Lipinski definition) is 2. The summed E-state index contributed by atoms with van der Waals surface area (Å²) >= 11 is 0. The van der Waals surface area contributed by atoms with Gasteiger partial charge in [0.15, 0.2) is 0 Å². The summed E-state index contributed by atoms with van der Waals surface area (Å²) in [6.07, 6.45) is 0.0447. The minimum Gasteiger partial charge on any atom is -0.358 e. The van der Waals surface area contributed by atoms with Crippen molar-refractivity contribution in [2.24, 2.45) is 0 Å². The molecule has 118 valence electrons. The number of H-pyrrole nitrogens is 1. The zero-order chi connectivity index (χ0) is 16.6. The van der Waals surface area contributed by atoms with Crippen LogP contribution in [0, 0.1) is 25.5 Å². The molecule has 3 rings (SSSR count). The van der Waals surface area contributed by atoms with E-state index in [0.717, 1.165) is 39.9 Å². The van der Waals surface area contributed by atoms with Gasteiger partial charge in [0.05, 0.1) is 6.42 Å². The first-order valence-electron chi connectivity index (χ1n) is 7.27. The Morgan fingerprint density at radius 2 is 1.83 bits per heavy atom. The van der Waals surface area contributed by atoms with Crippen molar-refractivity contribution in [2.45, 2.75) is 20.3 Å². The molecule has 0 spiro atoms. The van der Waals surface area contributed by atoms with E-state index in [1.54, 1.807) is 0 Å². The number of fused-ring (bicyclic) bond motifs is 1. The normalized spacial score (nSPS) is 11.0. The number of carbonyl (C=O) groups is 1. The molecule has 0 unspecified atom stereocenters. The van der Waals surface area contributed by atoms with E-state index in [-0.39, 0.29) is 6.42 Å². The molecule has 0 saturated carbocycles. The van der Waals surface area contributed by atoms with Gasteiger partial charge in [0.25, 0.3) is 0 Å². The lowest BCUT2D eigenvalue weighted by atomic mass is 10.1. The maximum atomic E-state index is 13.6. The first kappa shape index (κ1) is 15.2. The minimum atomic E-state index is -0.787. The number of halogens is 2. The van der Waals surface area contributed by atoms with Crippen LogP contribution < -0.4 is 5.32 Å². The molecule has 0 aliphatic rings. The number of benzene rings is 2. The summed E-state index contributed by atoms with van der Waals surface area (Å²) in [5, 5.41) is 3.27. The van der Waals surface area contributed by atoms with E-state index in [0.29, 0.717) is 0 Å². The monoisotopic (exact) mass is 314 g/mol. The van der Waals surface area contributed by atoms with Gasteiger partial charge >= 0.3 is 0 Å². The Labute approximate surface area is 132 Å². The molecule has 2 N–H and O–H groups in total. The molecule has 3 nitrogen and oxygen atoms in total. The Kier molecular flexibility index (Phi) is 3.86. The Morgan fingerprint density at radius 3 is 2.52 bits per heavy atom. The molecule has 0 atom stereocenters. The number of nitrogens with one attached hydrogen (secondary N) is 2. The topological polar surface area (TPSA) is 44.9 Å². The highest BCUT2D eigenvalue weighted by atomic mass is 19.1. The Hall–Kier alpha value is -2.69. The average Bonchev–Trinajstić information content (AvgIpc) is 2.79. The molecule has 0 bridgehead atoms. The summed E-state index contributed by atoms with van der Waals surface area (Å²) in [5.41, 5.74) is 3.31. The molecular formula is C18H16F2N2O. The fourth-order valence-corrected chi connectivity index (χ4v) is 2.69. The van der Waals surface area contributed by atoms with Gasteiger partial charge in [0.2, 0.25) is 5.91 Å². The van der Waals surface area contributed by atoms with E-state index in [2.05, 4.69) is 10.3 Å². The third-order valence-corrected chi connectivity index (χ3v) is 3.84. The summed E-state index contributed by atoms with van der Waals surface area (Å²) in [5.74, 6) is -2.03. The molecule has 0 saturated heterocycles. The third-order valence-electron chi connectivity index (χ3n) is 3.84. The highest BCUT2D eigenvalue weighted by molar-refractivity contribution is 5.96. The minimum absolute atomic E-state index is 0.0447. The van der Waals surface area contributed by atoms with Crippen LogP contribution in [0.3, 0.4) is 0 Å². The molecule has 3 aromatic rings. The standard InChI is InChI=1S/C18H16F2N2O/c1-10-6-7-16-13(8-10)12(11(2)21-16)9-17(23)22-18-14(19)4-3-5-15(18)20/h3-8,21H,9H2,1-2H3,(H,22,23). The second-order valence-corrected chi connectivity index (χ2v) is 5.60. The SMILES string of the molecule is Cc1ccc2[nH]c(C)c(CC(=O)Nc3c(F)cccc3F)c2c1. The number of aryl methyl sites for hydroxylation is 2. The number of amides is 1. The summed E-state index contributed by atoms with van der Waals surface area (Å²) in [4.78, 5) is 15.4. The van der Waals surface area contributed by atoms with Crippen LogP contribution in [0.4, 0.5) is 14.5 Å². The van der Waals surface area contributed by atoms with Crippen LogP contribution in [0.1, 0.15) is 16.8 Å². The number of para-hydroxylation sites is 1. The van der Waals surface area contributed by atoms with Gasteiger partial charge in [-0.15, -0.1) is 0 Å². The maximum absolute atomic E-state index is 13.6. The smallest absolute Gasteiger partial charge is 0.229 e. The molecule has 1 heterocycles. The highest BCUT2D eigenvalue weighted by Gasteiger charge is 2.16. The van der Waals surface area contributed by atoms with E-state index in [9.17, 15) is 13.6 Å². The molecule has 1 aromatic heterocycles. The molecule has 0 aliphatic carbocycles. The van der Waals surface area contributed by atoms with Gasteiger partial charge in [-0.2, -0.15) is 0 Å². The van der Waals surface area contributed by atoms with Gasteiger partial charge in [-0.25, -0.2) is 8.78 Å². The van der Waals surface area contributed by atoms with E-state index >= 15 is 0 Å². The lowest BCUT2D eigenvalue weighted by molar-refractivity contribution is -0.115. The van der Waals surface area contributed by atoms with E-state index in [1.807, 2.05) is 32.0 Å². The molecule has 23 heavy (non-hydrogen) atoms. The van der Waals surface area contributed by atoms with Gasteiger partial charge in [-0.1, -0.05) is 17.7 Å². The lowest BCUT2D eigenvalue weighted by Crippen LogP contribution is -2.16. The van der Waals surface area contributed by atoms with Crippen molar-refractivity contribution in [1.29, 1.82) is 0 Å². The fraction of sp³-hybridized carbons (Fsp3) is 0.167. The summed E-state index contributed by atoms with van der Waals surface area (Å²) < 4.78 is 27.2. The number of hydrogen-bond acceptors (Lipinski definition) is 1. The van der Waals surface area contributed by atoms with Gasteiger partial charge in [-0.3, -0.25) is 4.79 Å². The molecule has 1 amide bonds. The molecular weight excluding hydrogens is 298 g/mol. The second kappa shape index (κ2) is 5.83. The van der Waals surface area contributed by atoms with Crippen LogP contribution in [0.2, 0.25) is 0 Å². The van der Waals surface area contributed by atoms with Gasteiger partial charge in [-0.05, 0) is 43.7 Å². The summed E-state index contributed by atoms with van der Waals surface area (Å²) in [6.45, 7) is 3.85. The summed E-state index contributed by atoms with van der Waals surface area (Å²) in [6, 6.07) is 9.41. The first-order chi connectivity index (χ1) is 11.0. The van der Waals surface area contributed by atoms with Crippen molar-refractivity contribution in [1.82, 2.24) is 4.98 Å². The van der Waals surface area contributed by atoms with Crippen LogP contribution in [-0.4, -0.2) is 10.9 Å². The van der Waals surface area contributed by atoms with Crippen LogP contribution >= 0.6 is 0 Å². The van der Waals surface area contributed by atoms with E-state index in [4.69, 9.17) is 0 Å². The van der Waals surface area contributed by atoms with E-state index in [1.165, 1.54) is 6.07 Å². The van der Waals surface area contributed by atoms with Crippen LogP contribution in [0.25, 0.3) is 10.9 Å². The number of carbonyl (C=O) groups excluding carboxylic acids is 1. The second-order valence-electron chi connectivity index (χ2n) is 5.60. The lowest BCUT2D eigenvalue weighted by Gasteiger charge is -2.08. The van der Waals surface area contributed by atoms with E-state index < -0.39 is 23.2 Å².